The molecule has 4 rings (SSSR count). The lowest BCUT2D eigenvalue weighted by atomic mass is 10.1. The van der Waals surface area contributed by atoms with E-state index >= 15 is 0 Å². The molecule has 4 amide bonds. The predicted molar refractivity (Wildman–Crippen MR) is 220 cm³/mol. The molecule has 0 saturated carbocycles. The van der Waals surface area contributed by atoms with Gasteiger partial charge in [-0.2, -0.15) is 0 Å². The van der Waals surface area contributed by atoms with Crippen molar-refractivity contribution in [2.45, 2.75) is 52.7 Å². The number of anilines is 4. The normalized spacial score (nSPS) is 10.5. The van der Waals surface area contributed by atoms with Gasteiger partial charge in [0.2, 0.25) is 11.8 Å². The van der Waals surface area contributed by atoms with Gasteiger partial charge in [-0.3, -0.25) is 29.8 Å². The van der Waals surface area contributed by atoms with Gasteiger partial charge in [-0.1, -0.05) is 83.2 Å². The number of benzene rings is 4. The van der Waals surface area contributed by atoms with Crippen molar-refractivity contribution in [2.75, 3.05) is 21.3 Å². The van der Waals surface area contributed by atoms with Crippen molar-refractivity contribution in [2.24, 2.45) is 0 Å². The predicted octanol–water partition coefficient (Wildman–Crippen LogP) is 9.92. The summed E-state index contributed by atoms with van der Waals surface area (Å²) in [4.78, 5) is 67.8. The maximum absolute atomic E-state index is 12.2. The molecule has 0 spiro atoms. The average molecular weight is 814 g/mol. The third-order valence-corrected chi connectivity index (χ3v) is 6.86. The summed E-state index contributed by atoms with van der Waals surface area (Å²) in [7, 11) is 0. The van der Waals surface area contributed by atoms with Gasteiger partial charge in [0, 0.05) is 21.7 Å². The average Bonchev–Trinajstić information content (AvgIpc) is 3.12. The van der Waals surface area contributed by atoms with Crippen LogP contribution in [0.2, 0.25) is 0 Å². The van der Waals surface area contributed by atoms with E-state index in [2.05, 4.69) is 43.8 Å². The van der Waals surface area contributed by atoms with Crippen LogP contribution in [0.15, 0.2) is 120 Å². The van der Waals surface area contributed by atoms with Crippen LogP contribution in [-0.4, -0.2) is 47.8 Å². The third kappa shape index (κ3) is 18.8. The van der Waals surface area contributed by atoms with Crippen LogP contribution in [0.25, 0.3) is 6.08 Å². The van der Waals surface area contributed by atoms with Gasteiger partial charge in [0.15, 0.2) is 0 Å². The second kappa shape index (κ2) is 22.0. The quantitative estimate of drug-likeness (QED) is 0.0956. The molecule has 0 aromatic heterocycles. The molecule has 0 aliphatic carbocycles. The fourth-order valence-corrected chi connectivity index (χ4v) is 4.25. The number of carbonyl (C=O) groups is 6. The van der Waals surface area contributed by atoms with Crippen LogP contribution in [0.5, 0.6) is 0 Å². The van der Waals surface area contributed by atoms with Crippen molar-refractivity contribution in [1.29, 1.82) is 0 Å². The molecule has 4 aromatic carbocycles. The van der Waals surface area contributed by atoms with Crippen molar-refractivity contribution in [1.82, 2.24) is 0 Å². The number of hydrogen-bond acceptors (Lipinski definition) is 8. The molecule has 12 nitrogen and oxygen atoms in total. The van der Waals surface area contributed by atoms with E-state index < -0.39 is 23.4 Å². The van der Waals surface area contributed by atoms with E-state index in [0.29, 0.717) is 33.9 Å². The van der Waals surface area contributed by atoms with Crippen LogP contribution in [0.1, 0.15) is 67.8 Å². The minimum atomic E-state index is -0.621. The standard InChI is InChI=1S/C21H22N2O4.C14H18N2O3.C7H5BrO/c1-21(2,3)27-20(26)23-18-7-5-4-6-17(18)22-19(25)13-12-15-8-10-16(14-24)11-9-15;1-5-12(17)15-10-8-6-7-9-11(10)16-13(18)19-14(2,3)4;8-7-3-1-6(5-9)2-4-7/h4-14H,1-3H3,(H,22,25)(H,23,26);5-9H,1H2,2-4H3,(H,15,17)(H,16,18);1-5H/b13-12+;;. The van der Waals surface area contributed by atoms with Crippen LogP contribution < -0.4 is 21.3 Å². The lowest BCUT2D eigenvalue weighted by Crippen LogP contribution is -2.27. The Hall–Kier alpha value is -6.34. The first-order valence-corrected chi connectivity index (χ1v) is 17.6. The summed E-state index contributed by atoms with van der Waals surface area (Å²) >= 11 is 3.26. The molecule has 0 bridgehead atoms. The Kier molecular flexibility index (Phi) is 17.9. The van der Waals surface area contributed by atoms with Crippen molar-refractivity contribution >= 4 is 81.3 Å². The van der Waals surface area contributed by atoms with E-state index in [1.165, 1.54) is 6.08 Å². The van der Waals surface area contributed by atoms with Crippen LogP contribution in [-0.2, 0) is 19.1 Å². The fraction of sp³-hybridized carbons (Fsp3) is 0.190. The first-order valence-electron chi connectivity index (χ1n) is 16.8. The summed E-state index contributed by atoms with van der Waals surface area (Å²) in [5.41, 5.74) is 2.70. The zero-order chi connectivity index (χ0) is 41.0. The summed E-state index contributed by atoms with van der Waals surface area (Å²) in [5, 5.41) is 10.5. The number of amides is 4. The summed E-state index contributed by atoms with van der Waals surface area (Å²) in [6.07, 6.45) is 4.57. The summed E-state index contributed by atoms with van der Waals surface area (Å²) in [5.74, 6) is -0.702. The highest BCUT2D eigenvalue weighted by Gasteiger charge is 2.18. The number of rotatable bonds is 9. The molecule has 55 heavy (non-hydrogen) atoms. The van der Waals surface area contributed by atoms with Crippen molar-refractivity contribution in [3.8, 4) is 0 Å². The zero-order valence-electron chi connectivity index (χ0n) is 31.5. The molecule has 0 unspecified atom stereocenters. The highest BCUT2D eigenvalue weighted by atomic mass is 79.9. The molecule has 4 aromatic rings. The van der Waals surface area contributed by atoms with Gasteiger partial charge in [-0.15, -0.1) is 0 Å². The van der Waals surface area contributed by atoms with Gasteiger partial charge in [0.1, 0.15) is 23.8 Å². The van der Waals surface area contributed by atoms with Gasteiger partial charge < -0.3 is 20.1 Å². The number of nitrogens with one attached hydrogen (secondary N) is 4. The SMILES string of the molecule is C=CC(=O)Nc1ccccc1NC(=O)OC(C)(C)C.CC(C)(C)OC(=O)Nc1ccccc1NC(=O)/C=C/c1ccc(C=O)cc1.O=Cc1ccc(Br)cc1. The largest absolute Gasteiger partial charge is 0.444 e. The van der Waals surface area contributed by atoms with E-state index in [1.54, 1.807) is 133 Å². The molecule has 0 atom stereocenters. The van der Waals surface area contributed by atoms with Gasteiger partial charge in [0.25, 0.3) is 0 Å². The molecular weight excluding hydrogens is 768 g/mol. The smallest absolute Gasteiger partial charge is 0.412 e. The molecule has 0 radical (unpaired) electrons. The monoisotopic (exact) mass is 812 g/mol. The lowest BCUT2D eigenvalue weighted by molar-refractivity contribution is -0.112. The fourth-order valence-electron chi connectivity index (χ4n) is 3.99. The Labute approximate surface area is 329 Å². The minimum absolute atomic E-state index is 0.349. The number of aldehydes is 2. The van der Waals surface area contributed by atoms with Gasteiger partial charge in [-0.05, 0) is 95.7 Å². The maximum Gasteiger partial charge on any atom is 0.412 e. The maximum atomic E-state index is 12.2. The van der Waals surface area contributed by atoms with Gasteiger partial charge >= 0.3 is 12.2 Å². The van der Waals surface area contributed by atoms with Gasteiger partial charge in [0.05, 0.1) is 22.7 Å². The second-order valence-corrected chi connectivity index (χ2v) is 14.2. The molecule has 4 N–H and O–H groups in total. The molecule has 13 heteroatoms. The summed E-state index contributed by atoms with van der Waals surface area (Å²) in [6.45, 7) is 14.0. The molecular formula is C42H45BrN4O8. The summed E-state index contributed by atoms with van der Waals surface area (Å²) < 4.78 is 11.4. The molecule has 0 saturated heterocycles. The second-order valence-electron chi connectivity index (χ2n) is 13.3. The van der Waals surface area contributed by atoms with Crippen LogP contribution in [0.3, 0.4) is 0 Å². The molecule has 0 aliphatic rings. The Morgan fingerprint density at radius 1 is 0.545 bits per heavy atom. The lowest BCUT2D eigenvalue weighted by Gasteiger charge is -2.20. The number of ether oxygens (including phenoxy) is 2. The number of carbonyl (C=O) groups excluding carboxylic acids is 6. The van der Waals surface area contributed by atoms with Gasteiger partial charge in [-0.25, -0.2) is 9.59 Å². The van der Waals surface area contributed by atoms with E-state index in [9.17, 15) is 28.8 Å². The van der Waals surface area contributed by atoms with Crippen LogP contribution in [0.4, 0.5) is 32.3 Å². The zero-order valence-corrected chi connectivity index (χ0v) is 33.1. The molecule has 0 fully saturated rings. The number of hydrogen-bond donors (Lipinski definition) is 4. The minimum Gasteiger partial charge on any atom is -0.444 e. The van der Waals surface area contributed by atoms with E-state index in [-0.39, 0.29) is 11.8 Å². The van der Waals surface area contributed by atoms with Crippen molar-refractivity contribution in [3.63, 3.8) is 0 Å². The Bertz CT molecular complexity index is 1960. The van der Waals surface area contributed by atoms with Crippen molar-refractivity contribution < 1.29 is 38.2 Å². The molecule has 0 heterocycles. The Morgan fingerprint density at radius 3 is 1.25 bits per heavy atom. The summed E-state index contributed by atoms with van der Waals surface area (Å²) in [6, 6.07) is 27.7. The topological polar surface area (TPSA) is 169 Å². The highest BCUT2D eigenvalue weighted by Crippen LogP contribution is 2.23. The first-order chi connectivity index (χ1) is 25.9. The van der Waals surface area contributed by atoms with E-state index in [1.807, 2.05) is 12.1 Å². The molecule has 0 aliphatic heterocycles. The van der Waals surface area contributed by atoms with Crippen molar-refractivity contribution in [3.05, 3.63) is 137 Å². The highest BCUT2D eigenvalue weighted by molar-refractivity contribution is 9.10. The molecule has 288 valence electrons. The Morgan fingerprint density at radius 2 is 0.891 bits per heavy atom. The van der Waals surface area contributed by atoms with E-state index in [0.717, 1.165) is 28.7 Å². The van der Waals surface area contributed by atoms with E-state index in [4.69, 9.17) is 9.47 Å². The first kappa shape index (κ1) is 44.8. The number of para-hydroxylation sites is 4. The van der Waals surface area contributed by atoms with Crippen LogP contribution >= 0.6 is 15.9 Å². The Balaban J connectivity index is 0.000000322. The number of halogens is 1. The third-order valence-electron chi connectivity index (χ3n) is 6.33. The van der Waals surface area contributed by atoms with Crippen LogP contribution in [0, 0.1) is 0 Å².